The lowest BCUT2D eigenvalue weighted by molar-refractivity contribution is 0.0947. The molecular weight excluding hydrogens is 272 g/mol. The van der Waals surface area contributed by atoms with Gasteiger partial charge in [-0.05, 0) is 19.1 Å². The lowest BCUT2D eigenvalue weighted by Gasteiger charge is -2.06. The highest BCUT2D eigenvalue weighted by Gasteiger charge is 2.16. The summed E-state index contributed by atoms with van der Waals surface area (Å²) in [5.41, 5.74) is 4.47. The quantitative estimate of drug-likeness (QED) is 0.849. The molecule has 0 aliphatic carbocycles. The van der Waals surface area contributed by atoms with Gasteiger partial charge in [0.2, 0.25) is 0 Å². The van der Waals surface area contributed by atoms with E-state index in [2.05, 4.69) is 10.3 Å². The van der Waals surface area contributed by atoms with E-state index >= 15 is 0 Å². The van der Waals surface area contributed by atoms with Crippen LogP contribution in [-0.2, 0) is 6.54 Å². The fraction of sp³-hybridized carbons (Fsp3) is 0.167. The lowest BCUT2D eigenvalue weighted by Crippen LogP contribution is -2.24. The van der Waals surface area contributed by atoms with E-state index in [1.165, 1.54) is 11.3 Å². The summed E-state index contributed by atoms with van der Waals surface area (Å²) in [6, 6.07) is 1.65. The van der Waals surface area contributed by atoms with Gasteiger partial charge >= 0.3 is 0 Å². The molecule has 0 fully saturated rings. The van der Waals surface area contributed by atoms with Crippen molar-refractivity contribution in [2.75, 3.05) is 5.73 Å². The van der Waals surface area contributed by atoms with Gasteiger partial charge in [-0.1, -0.05) is 0 Å². The molecule has 19 heavy (non-hydrogen) atoms. The SMILES string of the molecule is Cc1ncc(CNC(=O)c2cc(F)cc(N)c2F)s1. The average molecular weight is 283 g/mol. The van der Waals surface area contributed by atoms with Gasteiger partial charge in [-0.3, -0.25) is 4.79 Å². The number of thiazole rings is 1. The van der Waals surface area contributed by atoms with Crippen LogP contribution in [0.3, 0.4) is 0 Å². The Morgan fingerprint density at radius 3 is 2.84 bits per heavy atom. The Labute approximate surface area is 112 Å². The topological polar surface area (TPSA) is 68.0 Å². The number of carbonyl (C=O) groups is 1. The molecule has 1 aromatic heterocycles. The average Bonchev–Trinajstić information content (AvgIpc) is 2.76. The van der Waals surface area contributed by atoms with Crippen molar-refractivity contribution >= 4 is 22.9 Å². The van der Waals surface area contributed by atoms with E-state index in [-0.39, 0.29) is 6.54 Å². The summed E-state index contributed by atoms with van der Waals surface area (Å²) in [5, 5.41) is 3.36. The predicted molar refractivity (Wildman–Crippen MR) is 68.8 cm³/mol. The van der Waals surface area contributed by atoms with Crippen molar-refractivity contribution in [2.24, 2.45) is 0 Å². The summed E-state index contributed by atoms with van der Waals surface area (Å²) in [4.78, 5) is 16.6. The molecule has 100 valence electrons. The first-order valence-corrected chi connectivity index (χ1v) is 6.23. The number of nitrogens with two attached hydrogens (primary N) is 1. The number of halogens is 2. The molecule has 0 saturated heterocycles. The minimum Gasteiger partial charge on any atom is -0.396 e. The summed E-state index contributed by atoms with van der Waals surface area (Å²) >= 11 is 1.42. The Morgan fingerprint density at radius 2 is 2.21 bits per heavy atom. The van der Waals surface area contributed by atoms with Gasteiger partial charge in [-0.15, -0.1) is 11.3 Å². The Balaban J connectivity index is 2.12. The van der Waals surface area contributed by atoms with E-state index < -0.39 is 28.8 Å². The molecule has 1 heterocycles. The summed E-state index contributed by atoms with van der Waals surface area (Å²) in [6.45, 7) is 2.04. The molecule has 0 unspecified atom stereocenters. The number of hydrogen-bond acceptors (Lipinski definition) is 4. The first kappa shape index (κ1) is 13.4. The second-order valence-electron chi connectivity index (χ2n) is 3.88. The Hall–Kier alpha value is -2.02. The summed E-state index contributed by atoms with van der Waals surface area (Å²) < 4.78 is 26.7. The normalized spacial score (nSPS) is 10.5. The fourth-order valence-corrected chi connectivity index (χ4v) is 2.26. The first-order valence-electron chi connectivity index (χ1n) is 5.41. The molecule has 0 aliphatic heterocycles. The molecule has 0 bridgehead atoms. The zero-order chi connectivity index (χ0) is 14.0. The highest BCUT2D eigenvalue weighted by atomic mass is 32.1. The zero-order valence-corrected chi connectivity index (χ0v) is 10.9. The number of anilines is 1. The molecule has 0 spiro atoms. The number of aromatic nitrogens is 1. The van der Waals surface area contributed by atoms with Gasteiger partial charge in [0, 0.05) is 11.1 Å². The second kappa shape index (κ2) is 5.31. The fourth-order valence-electron chi connectivity index (χ4n) is 1.53. The van der Waals surface area contributed by atoms with Gasteiger partial charge in [-0.2, -0.15) is 0 Å². The van der Waals surface area contributed by atoms with E-state index in [0.717, 1.165) is 22.0 Å². The van der Waals surface area contributed by atoms with Crippen molar-refractivity contribution in [2.45, 2.75) is 13.5 Å². The van der Waals surface area contributed by atoms with Crippen LogP contribution in [0.4, 0.5) is 14.5 Å². The van der Waals surface area contributed by atoms with Crippen LogP contribution in [0.1, 0.15) is 20.2 Å². The molecule has 2 rings (SSSR count). The van der Waals surface area contributed by atoms with Crippen molar-refractivity contribution in [3.63, 3.8) is 0 Å². The number of rotatable bonds is 3. The highest BCUT2D eigenvalue weighted by Crippen LogP contribution is 2.18. The number of carbonyl (C=O) groups excluding carboxylic acids is 1. The van der Waals surface area contributed by atoms with Crippen LogP contribution in [0.25, 0.3) is 0 Å². The number of nitrogens with one attached hydrogen (secondary N) is 1. The minimum absolute atomic E-state index is 0.209. The van der Waals surface area contributed by atoms with Crippen molar-refractivity contribution in [1.82, 2.24) is 10.3 Å². The van der Waals surface area contributed by atoms with Gasteiger partial charge in [0.1, 0.15) is 5.82 Å². The molecule has 0 aliphatic rings. The van der Waals surface area contributed by atoms with E-state index in [1.54, 1.807) is 6.20 Å². The van der Waals surface area contributed by atoms with Crippen LogP contribution in [0.15, 0.2) is 18.3 Å². The maximum absolute atomic E-state index is 13.6. The summed E-state index contributed by atoms with van der Waals surface area (Å²) in [5.74, 6) is -2.38. The van der Waals surface area contributed by atoms with Crippen molar-refractivity contribution < 1.29 is 13.6 Å². The Bertz CT molecular complexity index is 627. The molecule has 2 aromatic rings. The predicted octanol–water partition coefficient (Wildman–Crippen LogP) is 2.24. The van der Waals surface area contributed by atoms with Crippen LogP contribution < -0.4 is 11.1 Å². The molecule has 0 radical (unpaired) electrons. The molecule has 4 nitrogen and oxygen atoms in total. The van der Waals surface area contributed by atoms with Crippen molar-refractivity contribution in [1.29, 1.82) is 0 Å². The van der Waals surface area contributed by atoms with Crippen LogP contribution >= 0.6 is 11.3 Å². The summed E-state index contributed by atoms with van der Waals surface area (Å²) in [7, 11) is 0. The van der Waals surface area contributed by atoms with Crippen LogP contribution in [0, 0.1) is 18.6 Å². The summed E-state index contributed by atoms with van der Waals surface area (Å²) in [6.07, 6.45) is 1.62. The van der Waals surface area contributed by atoms with Gasteiger partial charge in [0.25, 0.3) is 5.91 Å². The number of hydrogen-bond donors (Lipinski definition) is 2. The molecule has 3 N–H and O–H groups in total. The third kappa shape index (κ3) is 3.05. The maximum atomic E-state index is 13.6. The van der Waals surface area contributed by atoms with Crippen LogP contribution in [-0.4, -0.2) is 10.9 Å². The van der Waals surface area contributed by atoms with E-state index in [9.17, 15) is 13.6 Å². The van der Waals surface area contributed by atoms with Crippen LogP contribution in [0.2, 0.25) is 0 Å². The van der Waals surface area contributed by atoms with Gasteiger partial charge in [-0.25, -0.2) is 13.8 Å². The first-order chi connectivity index (χ1) is 8.97. The third-order valence-corrected chi connectivity index (χ3v) is 3.32. The van der Waals surface area contributed by atoms with Gasteiger partial charge in [0.15, 0.2) is 5.82 Å². The second-order valence-corrected chi connectivity index (χ2v) is 5.20. The van der Waals surface area contributed by atoms with E-state index in [4.69, 9.17) is 5.73 Å². The zero-order valence-electron chi connectivity index (χ0n) is 10.0. The van der Waals surface area contributed by atoms with Crippen molar-refractivity contribution in [3.05, 3.63) is 45.4 Å². The Kier molecular flexibility index (Phi) is 3.75. The third-order valence-electron chi connectivity index (χ3n) is 2.40. The van der Waals surface area contributed by atoms with Crippen molar-refractivity contribution in [3.8, 4) is 0 Å². The van der Waals surface area contributed by atoms with Crippen LogP contribution in [0.5, 0.6) is 0 Å². The number of aryl methyl sites for hydroxylation is 1. The number of nitrogens with zero attached hydrogens (tertiary/aromatic N) is 1. The number of nitrogen functional groups attached to an aromatic ring is 1. The number of amides is 1. The number of benzene rings is 1. The highest BCUT2D eigenvalue weighted by molar-refractivity contribution is 7.11. The standard InChI is InChI=1S/C12H11F2N3OS/c1-6-16-4-8(19-6)5-17-12(18)9-2-7(13)3-10(15)11(9)14/h2-4H,5,15H2,1H3,(H,17,18). The van der Waals surface area contributed by atoms with Gasteiger partial charge in [0.05, 0.1) is 22.8 Å². The molecule has 0 saturated carbocycles. The van der Waals surface area contributed by atoms with Gasteiger partial charge < -0.3 is 11.1 Å². The van der Waals surface area contributed by atoms with E-state index in [0.29, 0.717) is 0 Å². The molecule has 7 heteroatoms. The molecule has 1 amide bonds. The molecule has 1 aromatic carbocycles. The maximum Gasteiger partial charge on any atom is 0.254 e. The van der Waals surface area contributed by atoms with E-state index in [1.807, 2.05) is 6.92 Å². The largest absolute Gasteiger partial charge is 0.396 e. The smallest absolute Gasteiger partial charge is 0.254 e. The monoisotopic (exact) mass is 283 g/mol. The molecular formula is C12H11F2N3OS. The molecule has 0 atom stereocenters. The lowest BCUT2D eigenvalue weighted by atomic mass is 10.1. The Morgan fingerprint density at radius 1 is 1.47 bits per heavy atom. The minimum atomic E-state index is -0.917.